The smallest absolute Gasteiger partial charge is 0.335 e. The van der Waals surface area contributed by atoms with Crippen molar-refractivity contribution < 1.29 is 9.90 Å². The van der Waals surface area contributed by atoms with Crippen LogP contribution in [-0.2, 0) is 6.54 Å². The summed E-state index contributed by atoms with van der Waals surface area (Å²) < 4.78 is 2.11. The lowest BCUT2D eigenvalue weighted by atomic mass is 10.1. The third kappa shape index (κ3) is 2.14. The Morgan fingerprint density at radius 1 is 1.44 bits per heavy atom. The van der Waals surface area contributed by atoms with Crippen LogP contribution < -0.4 is 0 Å². The minimum atomic E-state index is -0.884. The number of benzene rings is 1. The second-order valence-corrected chi connectivity index (χ2v) is 4.69. The SMILES string of the molecule is O=C(O)c1cccc(Cn2ccnc2C2CC2)c1. The monoisotopic (exact) mass is 242 g/mol. The van der Waals surface area contributed by atoms with Gasteiger partial charge in [0.25, 0.3) is 0 Å². The summed E-state index contributed by atoms with van der Waals surface area (Å²) in [6.07, 6.45) is 6.20. The fourth-order valence-corrected chi connectivity index (χ4v) is 2.16. The summed E-state index contributed by atoms with van der Waals surface area (Å²) in [6, 6.07) is 7.07. The number of carboxylic acid groups (broad SMARTS) is 1. The largest absolute Gasteiger partial charge is 0.478 e. The van der Waals surface area contributed by atoms with Crippen LogP contribution in [0.4, 0.5) is 0 Å². The average molecular weight is 242 g/mol. The van der Waals surface area contributed by atoms with Gasteiger partial charge >= 0.3 is 5.97 Å². The molecule has 1 heterocycles. The molecule has 4 heteroatoms. The van der Waals surface area contributed by atoms with Crippen molar-refractivity contribution in [1.29, 1.82) is 0 Å². The van der Waals surface area contributed by atoms with Gasteiger partial charge in [0.15, 0.2) is 0 Å². The maximum Gasteiger partial charge on any atom is 0.335 e. The Morgan fingerprint density at radius 3 is 3.00 bits per heavy atom. The summed E-state index contributed by atoms with van der Waals surface area (Å²) in [5.74, 6) is 0.836. The van der Waals surface area contributed by atoms with Gasteiger partial charge in [0.1, 0.15) is 5.82 Å². The predicted molar refractivity (Wildman–Crippen MR) is 66.7 cm³/mol. The van der Waals surface area contributed by atoms with Crippen molar-refractivity contribution >= 4 is 5.97 Å². The number of imidazole rings is 1. The predicted octanol–water partition coefficient (Wildman–Crippen LogP) is 2.51. The van der Waals surface area contributed by atoms with Crippen LogP contribution in [-0.4, -0.2) is 20.6 Å². The van der Waals surface area contributed by atoms with Gasteiger partial charge in [0, 0.05) is 24.9 Å². The maximum atomic E-state index is 10.9. The Hall–Kier alpha value is -2.10. The summed E-state index contributed by atoms with van der Waals surface area (Å²) in [4.78, 5) is 15.3. The number of hydrogen-bond acceptors (Lipinski definition) is 2. The Balaban J connectivity index is 1.85. The Labute approximate surface area is 105 Å². The zero-order chi connectivity index (χ0) is 12.5. The summed E-state index contributed by atoms with van der Waals surface area (Å²) >= 11 is 0. The normalized spacial score (nSPS) is 14.7. The minimum Gasteiger partial charge on any atom is -0.478 e. The van der Waals surface area contributed by atoms with E-state index in [0.717, 1.165) is 11.4 Å². The molecule has 1 aliphatic rings. The molecule has 1 aromatic heterocycles. The highest BCUT2D eigenvalue weighted by Crippen LogP contribution is 2.39. The lowest BCUT2D eigenvalue weighted by Gasteiger charge is -2.07. The van der Waals surface area contributed by atoms with Crippen LogP contribution in [0.1, 0.15) is 40.5 Å². The van der Waals surface area contributed by atoms with Crippen molar-refractivity contribution in [2.45, 2.75) is 25.3 Å². The van der Waals surface area contributed by atoms with Gasteiger partial charge in [-0.3, -0.25) is 0 Å². The van der Waals surface area contributed by atoms with Crippen molar-refractivity contribution in [3.8, 4) is 0 Å². The first-order valence-corrected chi connectivity index (χ1v) is 6.07. The van der Waals surface area contributed by atoms with Crippen LogP contribution in [0.5, 0.6) is 0 Å². The second-order valence-electron chi connectivity index (χ2n) is 4.69. The molecule has 0 spiro atoms. The van der Waals surface area contributed by atoms with Crippen LogP contribution in [0.3, 0.4) is 0 Å². The molecule has 18 heavy (non-hydrogen) atoms. The average Bonchev–Trinajstić information content (AvgIpc) is 3.11. The number of carbonyl (C=O) groups is 1. The van der Waals surface area contributed by atoms with E-state index in [0.29, 0.717) is 18.0 Å². The van der Waals surface area contributed by atoms with Gasteiger partial charge in [-0.25, -0.2) is 9.78 Å². The molecule has 2 aromatic rings. The molecule has 1 aliphatic carbocycles. The maximum absolute atomic E-state index is 10.9. The van der Waals surface area contributed by atoms with Crippen molar-refractivity contribution in [1.82, 2.24) is 9.55 Å². The number of carboxylic acids is 1. The molecular formula is C14H14N2O2. The highest BCUT2D eigenvalue weighted by molar-refractivity contribution is 5.87. The number of aromatic carboxylic acids is 1. The van der Waals surface area contributed by atoms with E-state index in [1.54, 1.807) is 18.2 Å². The Kier molecular flexibility index (Phi) is 2.63. The van der Waals surface area contributed by atoms with Crippen LogP contribution in [0, 0.1) is 0 Å². The van der Waals surface area contributed by atoms with Gasteiger partial charge in [-0.05, 0) is 30.5 Å². The van der Waals surface area contributed by atoms with Gasteiger partial charge in [-0.15, -0.1) is 0 Å². The highest BCUT2D eigenvalue weighted by atomic mass is 16.4. The third-order valence-electron chi connectivity index (χ3n) is 3.22. The van der Waals surface area contributed by atoms with E-state index in [-0.39, 0.29) is 0 Å². The van der Waals surface area contributed by atoms with Gasteiger partial charge in [-0.1, -0.05) is 12.1 Å². The summed E-state index contributed by atoms with van der Waals surface area (Å²) in [5, 5.41) is 8.97. The van der Waals surface area contributed by atoms with Gasteiger partial charge in [0.2, 0.25) is 0 Å². The van der Waals surface area contributed by atoms with E-state index < -0.39 is 5.97 Å². The van der Waals surface area contributed by atoms with Crippen LogP contribution >= 0.6 is 0 Å². The molecule has 0 unspecified atom stereocenters. The summed E-state index contributed by atoms with van der Waals surface area (Å²) in [6.45, 7) is 0.687. The molecular weight excluding hydrogens is 228 g/mol. The fourth-order valence-electron chi connectivity index (χ4n) is 2.16. The van der Waals surface area contributed by atoms with Crippen molar-refractivity contribution in [2.24, 2.45) is 0 Å². The second kappa shape index (κ2) is 4.29. The molecule has 92 valence electrons. The number of rotatable bonds is 4. The van der Waals surface area contributed by atoms with Crippen LogP contribution in [0.2, 0.25) is 0 Å². The first kappa shape index (κ1) is 11.0. The van der Waals surface area contributed by atoms with Crippen LogP contribution in [0.15, 0.2) is 36.7 Å². The topological polar surface area (TPSA) is 55.1 Å². The molecule has 0 atom stereocenters. The van der Waals surface area contributed by atoms with Gasteiger partial charge in [-0.2, -0.15) is 0 Å². The van der Waals surface area contributed by atoms with Crippen molar-refractivity contribution in [3.05, 3.63) is 53.6 Å². The number of nitrogens with zero attached hydrogens (tertiary/aromatic N) is 2. The summed E-state index contributed by atoms with van der Waals surface area (Å²) in [5.41, 5.74) is 1.33. The molecule has 0 bridgehead atoms. The van der Waals surface area contributed by atoms with Gasteiger partial charge in [0.05, 0.1) is 5.56 Å². The molecule has 1 fully saturated rings. The van der Waals surface area contributed by atoms with E-state index >= 15 is 0 Å². The molecule has 1 saturated carbocycles. The van der Waals surface area contributed by atoms with E-state index in [1.165, 1.54) is 12.8 Å². The quantitative estimate of drug-likeness (QED) is 0.896. The van der Waals surface area contributed by atoms with Crippen LogP contribution in [0.25, 0.3) is 0 Å². The molecule has 1 N–H and O–H groups in total. The fraction of sp³-hybridized carbons (Fsp3) is 0.286. The van der Waals surface area contributed by atoms with Crippen molar-refractivity contribution in [2.75, 3.05) is 0 Å². The first-order chi connectivity index (χ1) is 8.74. The molecule has 3 rings (SSSR count). The third-order valence-corrected chi connectivity index (χ3v) is 3.22. The molecule has 1 aromatic carbocycles. The minimum absolute atomic E-state index is 0.334. The van der Waals surface area contributed by atoms with E-state index in [4.69, 9.17) is 5.11 Å². The molecule has 0 amide bonds. The lowest BCUT2D eigenvalue weighted by Crippen LogP contribution is -2.04. The standard InChI is InChI=1S/C14H14N2O2/c17-14(18)12-3-1-2-10(8-12)9-16-7-6-15-13(16)11-4-5-11/h1-3,6-8,11H,4-5,9H2,(H,17,18). The first-order valence-electron chi connectivity index (χ1n) is 6.07. The Bertz CT molecular complexity index is 585. The molecule has 4 nitrogen and oxygen atoms in total. The molecule has 0 aliphatic heterocycles. The van der Waals surface area contributed by atoms with Gasteiger partial charge < -0.3 is 9.67 Å². The molecule has 0 saturated heterocycles. The van der Waals surface area contributed by atoms with Crippen molar-refractivity contribution in [3.63, 3.8) is 0 Å². The zero-order valence-electron chi connectivity index (χ0n) is 9.91. The van der Waals surface area contributed by atoms with E-state index in [9.17, 15) is 4.79 Å². The summed E-state index contributed by atoms with van der Waals surface area (Å²) in [7, 11) is 0. The zero-order valence-corrected chi connectivity index (χ0v) is 9.91. The molecule has 0 radical (unpaired) electrons. The highest BCUT2D eigenvalue weighted by Gasteiger charge is 2.27. The Morgan fingerprint density at radius 2 is 2.28 bits per heavy atom. The lowest BCUT2D eigenvalue weighted by molar-refractivity contribution is 0.0696. The van der Waals surface area contributed by atoms with E-state index in [1.807, 2.05) is 18.5 Å². The number of hydrogen-bond donors (Lipinski definition) is 1. The number of aromatic nitrogens is 2. The van der Waals surface area contributed by atoms with E-state index in [2.05, 4.69) is 9.55 Å².